The average molecular weight is 296 g/mol. The zero-order valence-corrected chi connectivity index (χ0v) is 12.3. The maximum absolute atomic E-state index is 10.7. The Labute approximate surface area is 123 Å². The van der Waals surface area contributed by atoms with Crippen molar-refractivity contribution < 1.29 is 14.6 Å². The molecule has 1 aliphatic heterocycles. The summed E-state index contributed by atoms with van der Waals surface area (Å²) in [7, 11) is 0. The molecule has 1 aliphatic rings. The van der Waals surface area contributed by atoms with Crippen molar-refractivity contribution in [1.82, 2.24) is 0 Å². The molecule has 0 amide bonds. The Kier molecular flexibility index (Phi) is 4.68. The summed E-state index contributed by atoms with van der Waals surface area (Å²) in [6, 6.07) is 5.47. The summed E-state index contributed by atoms with van der Waals surface area (Å²) < 4.78 is 5.72. The predicted octanol–water partition coefficient (Wildman–Crippen LogP) is 3.05. The third-order valence-electron chi connectivity index (χ3n) is 3.16. The molecule has 1 fully saturated rings. The Balaban J connectivity index is 2.33. The van der Waals surface area contributed by atoms with E-state index in [0.717, 1.165) is 30.4 Å². The van der Waals surface area contributed by atoms with Crippen molar-refractivity contribution in [2.45, 2.75) is 26.1 Å². The SMILES string of the molecule is CC1CN(c2cc(Cl)ccc2/C=C/C(=O)O)CC(C)O1. The monoisotopic (exact) mass is 295 g/mol. The first-order chi connectivity index (χ1) is 9.45. The van der Waals surface area contributed by atoms with Gasteiger partial charge in [0.05, 0.1) is 12.2 Å². The van der Waals surface area contributed by atoms with Gasteiger partial charge >= 0.3 is 5.97 Å². The van der Waals surface area contributed by atoms with Gasteiger partial charge < -0.3 is 14.7 Å². The van der Waals surface area contributed by atoms with E-state index in [1.165, 1.54) is 0 Å². The van der Waals surface area contributed by atoms with Gasteiger partial charge in [-0.3, -0.25) is 0 Å². The number of hydrogen-bond donors (Lipinski definition) is 1. The molecule has 4 nitrogen and oxygen atoms in total. The molecule has 108 valence electrons. The Morgan fingerprint density at radius 2 is 2.05 bits per heavy atom. The zero-order chi connectivity index (χ0) is 14.7. The van der Waals surface area contributed by atoms with E-state index >= 15 is 0 Å². The standard InChI is InChI=1S/C15H18ClNO3/c1-10-8-17(9-11(2)20-10)14-7-13(16)5-3-12(14)4-6-15(18)19/h3-7,10-11H,8-9H2,1-2H3,(H,18,19)/b6-4+. The molecule has 2 rings (SSSR count). The number of morpholine rings is 1. The van der Waals surface area contributed by atoms with Gasteiger partial charge in [0, 0.05) is 29.9 Å². The molecule has 0 bridgehead atoms. The smallest absolute Gasteiger partial charge is 0.328 e. The van der Waals surface area contributed by atoms with Gasteiger partial charge in [0.15, 0.2) is 0 Å². The van der Waals surface area contributed by atoms with Gasteiger partial charge in [-0.2, -0.15) is 0 Å². The highest BCUT2D eigenvalue weighted by atomic mass is 35.5. The van der Waals surface area contributed by atoms with Crippen molar-refractivity contribution in [3.05, 3.63) is 34.9 Å². The van der Waals surface area contributed by atoms with Crippen molar-refractivity contribution in [3.8, 4) is 0 Å². The van der Waals surface area contributed by atoms with E-state index in [2.05, 4.69) is 4.90 Å². The maximum Gasteiger partial charge on any atom is 0.328 e. The van der Waals surface area contributed by atoms with Gasteiger partial charge in [-0.05, 0) is 37.6 Å². The van der Waals surface area contributed by atoms with Gasteiger partial charge in [0.1, 0.15) is 0 Å². The summed E-state index contributed by atoms with van der Waals surface area (Å²) in [6.45, 7) is 5.58. The first-order valence-electron chi connectivity index (χ1n) is 6.56. The van der Waals surface area contributed by atoms with Crippen molar-refractivity contribution in [3.63, 3.8) is 0 Å². The zero-order valence-electron chi connectivity index (χ0n) is 11.5. The normalized spacial score (nSPS) is 23.2. The van der Waals surface area contributed by atoms with Crippen LogP contribution in [0.25, 0.3) is 6.08 Å². The number of hydrogen-bond acceptors (Lipinski definition) is 3. The molecule has 2 atom stereocenters. The fourth-order valence-electron chi connectivity index (χ4n) is 2.47. The van der Waals surface area contributed by atoms with Crippen molar-refractivity contribution in [2.24, 2.45) is 0 Å². The molecule has 0 spiro atoms. The maximum atomic E-state index is 10.7. The van der Waals surface area contributed by atoms with E-state index in [0.29, 0.717) is 5.02 Å². The van der Waals surface area contributed by atoms with Gasteiger partial charge in [0.25, 0.3) is 0 Å². The van der Waals surface area contributed by atoms with Crippen LogP contribution in [0.2, 0.25) is 5.02 Å². The fraction of sp³-hybridized carbons (Fsp3) is 0.400. The third-order valence-corrected chi connectivity index (χ3v) is 3.39. The minimum atomic E-state index is -0.963. The molecule has 1 aromatic rings. The number of ether oxygens (including phenoxy) is 1. The van der Waals surface area contributed by atoms with E-state index in [1.54, 1.807) is 12.1 Å². The van der Waals surface area contributed by atoms with Crippen LogP contribution in [0.4, 0.5) is 5.69 Å². The molecular weight excluding hydrogens is 278 g/mol. The van der Waals surface area contributed by atoms with Crippen LogP contribution in [0.5, 0.6) is 0 Å². The molecule has 20 heavy (non-hydrogen) atoms. The first kappa shape index (κ1) is 14.9. The average Bonchev–Trinajstić information content (AvgIpc) is 2.36. The second kappa shape index (κ2) is 6.29. The van der Waals surface area contributed by atoms with Crippen LogP contribution in [0.1, 0.15) is 19.4 Å². The summed E-state index contributed by atoms with van der Waals surface area (Å²) in [6.07, 6.45) is 3.00. The van der Waals surface area contributed by atoms with Crippen molar-refractivity contribution in [1.29, 1.82) is 0 Å². The minimum absolute atomic E-state index is 0.133. The molecule has 0 radical (unpaired) electrons. The van der Waals surface area contributed by atoms with E-state index in [-0.39, 0.29) is 12.2 Å². The molecule has 1 saturated heterocycles. The minimum Gasteiger partial charge on any atom is -0.478 e. The summed E-state index contributed by atoms with van der Waals surface area (Å²) in [4.78, 5) is 12.9. The highest BCUT2D eigenvalue weighted by Crippen LogP contribution is 2.28. The number of carbonyl (C=O) groups is 1. The highest BCUT2D eigenvalue weighted by molar-refractivity contribution is 6.31. The van der Waals surface area contributed by atoms with Crippen LogP contribution in [0.3, 0.4) is 0 Å². The molecule has 0 aliphatic carbocycles. The molecule has 2 unspecified atom stereocenters. The number of rotatable bonds is 3. The van der Waals surface area contributed by atoms with Crippen LogP contribution in [0, 0.1) is 0 Å². The van der Waals surface area contributed by atoms with Crippen LogP contribution in [-0.2, 0) is 9.53 Å². The van der Waals surface area contributed by atoms with Gasteiger partial charge in [-0.15, -0.1) is 0 Å². The molecule has 1 heterocycles. The largest absolute Gasteiger partial charge is 0.478 e. The first-order valence-corrected chi connectivity index (χ1v) is 6.94. The van der Waals surface area contributed by atoms with Gasteiger partial charge in [-0.1, -0.05) is 17.7 Å². The van der Waals surface area contributed by atoms with E-state index in [9.17, 15) is 4.79 Å². The Bertz CT molecular complexity index is 520. The van der Waals surface area contributed by atoms with Gasteiger partial charge in [0.2, 0.25) is 0 Å². The Hall–Kier alpha value is -1.52. The molecule has 0 saturated carbocycles. The molecular formula is C15H18ClNO3. The van der Waals surface area contributed by atoms with Gasteiger partial charge in [-0.25, -0.2) is 4.79 Å². The topological polar surface area (TPSA) is 49.8 Å². The Morgan fingerprint density at radius 1 is 1.40 bits per heavy atom. The molecule has 1 aromatic carbocycles. The summed E-state index contributed by atoms with van der Waals surface area (Å²) in [5, 5.41) is 9.41. The second-order valence-corrected chi connectivity index (χ2v) is 5.47. The van der Waals surface area contributed by atoms with Crippen LogP contribution >= 0.6 is 11.6 Å². The van der Waals surface area contributed by atoms with E-state index < -0.39 is 5.97 Å². The Morgan fingerprint density at radius 3 is 2.65 bits per heavy atom. The van der Waals surface area contributed by atoms with E-state index in [1.807, 2.05) is 26.0 Å². The van der Waals surface area contributed by atoms with Crippen molar-refractivity contribution in [2.75, 3.05) is 18.0 Å². The number of anilines is 1. The number of aliphatic carboxylic acids is 1. The molecule has 1 N–H and O–H groups in total. The fourth-order valence-corrected chi connectivity index (χ4v) is 2.63. The van der Waals surface area contributed by atoms with Crippen LogP contribution < -0.4 is 4.90 Å². The number of carboxylic acid groups (broad SMARTS) is 1. The van der Waals surface area contributed by atoms with Crippen molar-refractivity contribution >= 4 is 29.3 Å². The quantitative estimate of drug-likeness (QED) is 0.871. The van der Waals surface area contributed by atoms with Crippen LogP contribution in [0.15, 0.2) is 24.3 Å². The summed E-state index contributed by atoms with van der Waals surface area (Å²) >= 11 is 6.07. The number of halogens is 1. The number of carboxylic acids is 1. The number of benzene rings is 1. The highest BCUT2D eigenvalue weighted by Gasteiger charge is 2.23. The lowest BCUT2D eigenvalue weighted by atomic mass is 10.1. The second-order valence-electron chi connectivity index (χ2n) is 5.04. The molecule has 5 heteroatoms. The number of nitrogens with zero attached hydrogens (tertiary/aromatic N) is 1. The lowest BCUT2D eigenvalue weighted by Crippen LogP contribution is -2.45. The lowest BCUT2D eigenvalue weighted by molar-refractivity contribution is -0.131. The van der Waals surface area contributed by atoms with E-state index in [4.69, 9.17) is 21.4 Å². The molecule has 0 aromatic heterocycles. The third kappa shape index (κ3) is 3.74. The lowest BCUT2D eigenvalue weighted by Gasteiger charge is -2.37. The summed E-state index contributed by atoms with van der Waals surface area (Å²) in [5.41, 5.74) is 1.79. The van der Waals surface area contributed by atoms with Crippen LogP contribution in [-0.4, -0.2) is 36.4 Å². The predicted molar refractivity (Wildman–Crippen MR) is 80.3 cm³/mol. The summed E-state index contributed by atoms with van der Waals surface area (Å²) in [5.74, 6) is -0.963.